The van der Waals surface area contributed by atoms with E-state index in [9.17, 15) is 14.0 Å². The van der Waals surface area contributed by atoms with Gasteiger partial charge in [-0.05, 0) is 76.3 Å². The molecule has 0 aliphatic carbocycles. The minimum atomic E-state index is -0.678. The van der Waals surface area contributed by atoms with Crippen molar-refractivity contribution in [3.63, 3.8) is 0 Å². The van der Waals surface area contributed by atoms with E-state index in [4.69, 9.17) is 13.9 Å². The van der Waals surface area contributed by atoms with Gasteiger partial charge in [0.1, 0.15) is 11.4 Å². The number of rotatable bonds is 10. The number of fused-ring (bicyclic) bond motifs is 2. The maximum atomic E-state index is 14.0. The Morgan fingerprint density at radius 1 is 1.06 bits per heavy atom. The van der Waals surface area contributed by atoms with Crippen molar-refractivity contribution in [2.24, 2.45) is 0 Å². The molecule has 0 bridgehead atoms. The molecule has 1 amide bonds. The first-order valence-electron chi connectivity index (χ1n) is 12.0. The van der Waals surface area contributed by atoms with E-state index in [0.717, 1.165) is 19.0 Å². The molecule has 4 rings (SSSR count). The molecule has 0 fully saturated rings. The van der Waals surface area contributed by atoms with Gasteiger partial charge in [0.15, 0.2) is 16.9 Å². The topological polar surface area (TPSA) is 72.2 Å². The summed E-state index contributed by atoms with van der Waals surface area (Å²) in [5.41, 5.74) is 0.717. The molecular formula is C27H31FN2O5. The molecule has 0 saturated carbocycles. The second-order valence-corrected chi connectivity index (χ2v) is 8.86. The van der Waals surface area contributed by atoms with Crippen molar-refractivity contribution < 1.29 is 23.1 Å². The minimum absolute atomic E-state index is 0.00762. The summed E-state index contributed by atoms with van der Waals surface area (Å²) in [4.78, 5) is 30.8. The lowest BCUT2D eigenvalue weighted by Crippen LogP contribution is -2.32. The Balaban J connectivity index is 1.86. The summed E-state index contributed by atoms with van der Waals surface area (Å²) in [7, 11) is 3.93. The third-order valence-corrected chi connectivity index (χ3v) is 5.98. The van der Waals surface area contributed by atoms with Gasteiger partial charge in [0.2, 0.25) is 5.76 Å². The smallest absolute Gasteiger partial charge is 0.290 e. The molecule has 0 saturated heterocycles. The fourth-order valence-electron chi connectivity index (χ4n) is 4.42. The number of hydrogen-bond donors (Lipinski definition) is 0. The molecule has 186 valence electrons. The molecule has 35 heavy (non-hydrogen) atoms. The highest BCUT2D eigenvalue weighted by Crippen LogP contribution is 2.41. The van der Waals surface area contributed by atoms with Gasteiger partial charge >= 0.3 is 0 Å². The molecule has 1 aromatic heterocycles. The van der Waals surface area contributed by atoms with Crippen LogP contribution >= 0.6 is 0 Å². The van der Waals surface area contributed by atoms with Crippen LogP contribution in [0, 0.1) is 5.82 Å². The maximum Gasteiger partial charge on any atom is 0.290 e. The lowest BCUT2D eigenvalue weighted by atomic mass is 9.98. The molecule has 0 N–H and O–H groups in total. The third kappa shape index (κ3) is 4.89. The zero-order valence-electron chi connectivity index (χ0n) is 20.6. The van der Waals surface area contributed by atoms with Crippen LogP contribution in [0.4, 0.5) is 4.39 Å². The van der Waals surface area contributed by atoms with Crippen molar-refractivity contribution in [1.82, 2.24) is 9.80 Å². The lowest BCUT2D eigenvalue weighted by molar-refractivity contribution is 0.0722. The number of benzene rings is 2. The molecule has 7 nitrogen and oxygen atoms in total. The van der Waals surface area contributed by atoms with E-state index in [1.807, 2.05) is 45.0 Å². The van der Waals surface area contributed by atoms with Crippen LogP contribution in [0.3, 0.4) is 0 Å². The first kappa shape index (κ1) is 24.7. The van der Waals surface area contributed by atoms with Gasteiger partial charge in [-0.1, -0.05) is 13.0 Å². The van der Waals surface area contributed by atoms with Gasteiger partial charge in [0.25, 0.3) is 5.91 Å². The van der Waals surface area contributed by atoms with E-state index in [2.05, 4.69) is 0 Å². The van der Waals surface area contributed by atoms with Gasteiger partial charge in [-0.2, -0.15) is 0 Å². The van der Waals surface area contributed by atoms with Crippen LogP contribution in [0.15, 0.2) is 45.6 Å². The summed E-state index contributed by atoms with van der Waals surface area (Å²) >= 11 is 0. The van der Waals surface area contributed by atoms with Crippen LogP contribution < -0.4 is 14.9 Å². The summed E-state index contributed by atoms with van der Waals surface area (Å²) in [5, 5.41) is 0.115. The number of hydrogen-bond acceptors (Lipinski definition) is 6. The van der Waals surface area contributed by atoms with Gasteiger partial charge < -0.3 is 23.7 Å². The molecule has 3 aromatic rings. The van der Waals surface area contributed by atoms with Crippen molar-refractivity contribution in [2.45, 2.75) is 32.7 Å². The van der Waals surface area contributed by atoms with E-state index in [0.29, 0.717) is 43.2 Å². The van der Waals surface area contributed by atoms with Gasteiger partial charge in [0.05, 0.1) is 30.2 Å². The number of halogens is 1. The first-order valence-corrected chi connectivity index (χ1v) is 12.0. The number of carbonyl (C=O) groups excluding carboxylic acids is 1. The largest absolute Gasteiger partial charge is 0.490 e. The van der Waals surface area contributed by atoms with Gasteiger partial charge in [-0.3, -0.25) is 9.59 Å². The third-order valence-electron chi connectivity index (χ3n) is 5.98. The number of carbonyl (C=O) groups is 1. The van der Waals surface area contributed by atoms with Gasteiger partial charge in [-0.25, -0.2) is 4.39 Å². The second-order valence-electron chi connectivity index (χ2n) is 8.86. The van der Waals surface area contributed by atoms with E-state index in [-0.39, 0.29) is 28.2 Å². The highest BCUT2D eigenvalue weighted by atomic mass is 19.1. The molecule has 0 spiro atoms. The van der Waals surface area contributed by atoms with E-state index in [1.165, 1.54) is 12.1 Å². The SMILES string of the molecule is CCCOc1ccc([C@H]2c3c(oc4ccc(F)cc4c3=O)C(=O)N2CCCN(C)C)cc1OCC. The Hall–Kier alpha value is -3.39. The fourth-order valence-corrected chi connectivity index (χ4v) is 4.42. The average Bonchev–Trinajstić information content (AvgIpc) is 3.10. The molecule has 1 atom stereocenters. The predicted molar refractivity (Wildman–Crippen MR) is 132 cm³/mol. The second kappa shape index (κ2) is 10.5. The van der Waals surface area contributed by atoms with Crippen LogP contribution in [0.5, 0.6) is 11.5 Å². The zero-order valence-corrected chi connectivity index (χ0v) is 20.6. The Kier molecular flexibility index (Phi) is 7.40. The van der Waals surface area contributed by atoms with E-state index < -0.39 is 17.3 Å². The summed E-state index contributed by atoms with van der Waals surface area (Å²) in [5.74, 6) is 0.270. The van der Waals surface area contributed by atoms with Crippen LogP contribution in [0.25, 0.3) is 11.0 Å². The molecule has 1 aliphatic heterocycles. The average molecular weight is 483 g/mol. The van der Waals surface area contributed by atoms with Crippen LogP contribution in [0.1, 0.15) is 54.4 Å². The molecular weight excluding hydrogens is 451 g/mol. The number of ether oxygens (including phenoxy) is 2. The van der Waals surface area contributed by atoms with Gasteiger partial charge in [-0.15, -0.1) is 0 Å². The number of amides is 1. The van der Waals surface area contributed by atoms with E-state index >= 15 is 0 Å². The monoisotopic (exact) mass is 482 g/mol. The molecule has 8 heteroatoms. The Labute approximate surface area is 204 Å². The fraction of sp³-hybridized carbons (Fsp3) is 0.407. The first-order chi connectivity index (χ1) is 16.8. The van der Waals surface area contributed by atoms with Crippen molar-refractivity contribution in [2.75, 3.05) is 40.4 Å². The summed E-state index contributed by atoms with van der Waals surface area (Å²) in [6.45, 7) is 6.08. The molecule has 1 aliphatic rings. The maximum absolute atomic E-state index is 14.0. The summed E-state index contributed by atoms with van der Waals surface area (Å²) < 4.78 is 31.5. The van der Waals surface area contributed by atoms with E-state index in [1.54, 1.807) is 11.0 Å². The number of nitrogens with zero attached hydrogens (tertiary/aromatic N) is 2. The van der Waals surface area contributed by atoms with Crippen molar-refractivity contribution >= 4 is 16.9 Å². The molecule has 0 radical (unpaired) electrons. The molecule has 2 aromatic carbocycles. The van der Waals surface area contributed by atoms with Crippen LogP contribution in [0.2, 0.25) is 0 Å². The van der Waals surface area contributed by atoms with Gasteiger partial charge in [0, 0.05) is 6.54 Å². The highest BCUT2D eigenvalue weighted by Gasteiger charge is 2.42. The predicted octanol–water partition coefficient (Wildman–Crippen LogP) is 4.62. The lowest BCUT2D eigenvalue weighted by Gasteiger charge is -2.26. The summed E-state index contributed by atoms with van der Waals surface area (Å²) in [6, 6.07) is 8.54. The Bertz CT molecular complexity index is 1290. The van der Waals surface area contributed by atoms with Crippen molar-refractivity contribution in [3.8, 4) is 11.5 Å². The molecule has 0 unspecified atom stereocenters. The Morgan fingerprint density at radius 3 is 2.57 bits per heavy atom. The highest BCUT2D eigenvalue weighted by molar-refractivity contribution is 5.99. The normalized spacial score (nSPS) is 15.2. The standard InChI is InChI=1S/C27H31FN2O5/c1-5-14-34-21-10-8-17(15-22(21)33-6-2)24-23-25(31)19-16-18(28)9-11-20(19)35-26(23)27(32)30(24)13-7-12-29(3)4/h8-11,15-16,24H,5-7,12-14H2,1-4H3/t24-/m0/s1. The van der Waals surface area contributed by atoms with Crippen molar-refractivity contribution in [1.29, 1.82) is 0 Å². The van der Waals surface area contributed by atoms with Crippen LogP contribution in [-0.4, -0.2) is 56.1 Å². The summed E-state index contributed by atoms with van der Waals surface area (Å²) in [6.07, 6.45) is 1.56. The minimum Gasteiger partial charge on any atom is -0.490 e. The quantitative estimate of drug-likeness (QED) is 0.420. The van der Waals surface area contributed by atoms with Crippen LogP contribution in [-0.2, 0) is 0 Å². The van der Waals surface area contributed by atoms with Crippen molar-refractivity contribution in [3.05, 3.63) is 69.3 Å². The Morgan fingerprint density at radius 2 is 1.86 bits per heavy atom. The zero-order chi connectivity index (χ0) is 25.1. The molecule has 2 heterocycles.